The molecule has 25 heavy (non-hydrogen) atoms. The number of aliphatic imine (C=N–C) groups is 1. The van der Waals surface area contributed by atoms with E-state index in [0.717, 1.165) is 0 Å². The molecule has 2 aliphatic rings. The molecule has 2 aliphatic heterocycles. The summed E-state index contributed by atoms with van der Waals surface area (Å²) >= 11 is 1.28. The van der Waals surface area contributed by atoms with Crippen molar-refractivity contribution >= 4 is 34.5 Å². The van der Waals surface area contributed by atoms with Crippen molar-refractivity contribution in [2.24, 2.45) is 4.99 Å². The number of nitrogens with zero attached hydrogens (tertiary/aromatic N) is 3. The van der Waals surface area contributed by atoms with Crippen LogP contribution in [0.15, 0.2) is 40.5 Å². The SMILES string of the molecule is CCOC(=O)C1=C(C)N2C(=O)CSC2=N[C@@H]1c1cccc([N+](=O)[O-])c1. The third-order valence-corrected chi connectivity index (χ3v) is 4.83. The zero-order valence-corrected chi connectivity index (χ0v) is 14.4. The minimum Gasteiger partial charge on any atom is -0.463 e. The van der Waals surface area contributed by atoms with Gasteiger partial charge in [-0.1, -0.05) is 23.9 Å². The van der Waals surface area contributed by atoms with Crippen LogP contribution < -0.4 is 0 Å². The molecule has 8 nitrogen and oxygen atoms in total. The highest BCUT2D eigenvalue weighted by Crippen LogP contribution is 2.40. The number of allylic oxidation sites excluding steroid dienone is 1. The summed E-state index contributed by atoms with van der Waals surface area (Å²) in [4.78, 5) is 41.0. The van der Waals surface area contributed by atoms with E-state index in [-0.39, 0.29) is 29.5 Å². The number of benzene rings is 1. The second-order valence-corrected chi connectivity index (χ2v) is 6.35. The van der Waals surface area contributed by atoms with Gasteiger partial charge in [-0.15, -0.1) is 0 Å². The van der Waals surface area contributed by atoms with Gasteiger partial charge in [0, 0.05) is 17.8 Å². The number of amidine groups is 1. The molecule has 1 saturated heterocycles. The molecular weight excluding hydrogens is 346 g/mol. The monoisotopic (exact) mass is 361 g/mol. The van der Waals surface area contributed by atoms with Gasteiger partial charge in [-0.3, -0.25) is 19.8 Å². The first kappa shape index (κ1) is 17.2. The van der Waals surface area contributed by atoms with Gasteiger partial charge in [0.05, 0.1) is 22.9 Å². The topological polar surface area (TPSA) is 102 Å². The summed E-state index contributed by atoms with van der Waals surface area (Å²) in [6.07, 6.45) is 0. The van der Waals surface area contributed by atoms with Crippen molar-refractivity contribution < 1.29 is 19.2 Å². The lowest BCUT2D eigenvalue weighted by Crippen LogP contribution is -2.35. The molecule has 1 aromatic rings. The molecule has 0 N–H and O–H groups in total. The van der Waals surface area contributed by atoms with E-state index in [9.17, 15) is 19.7 Å². The van der Waals surface area contributed by atoms with Crippen LogP contribution >= 0.6 is 11.8 Å². The standard InChI is InChI=1S/C16H15N3O5S/c1-3-24-15(21)13-9(2)18-12(20)8-25-16(18)17-14(13)10-5-4-6-11(7-10)19(22)23/h4-7,14H,3,8H2,1-2H3/t14-/m1/s1. The summed E-state index contributed by atoms with van der Waals surface area (Å²) in [5, 5.41) is 11.5. The molecule has 0 unspecified atom stereocenters. The van der Waals surface area contributed by atoms with E-state index >= 15 is 0 Å². The minimum atomic E-state index is -0.747. The van der Waals surface area contributed by atoms with Gasteiger partial charge in [-0.05, 0) is 19.4 Å². The van der Waals surface area contributed by atoms with Crippen molar-refractivity contribution in [3.63, 3.8) is 0 Å². The maximum absolute atomic E-state index is 12.5. The number of rotatable bonds is 4. The second kappa shape index (κ2) is 6.67. The number of hydrogen-bond acceptors (Lipinski definition) is 7. The first-order valence-electron chi connectivity index (χ1n) is 7.59. The fraction of sp³-hybridized carbons (Fsp3) is 0.312. The number of carbonyl (C=O) groups excluding carboxylic acids is 2. The normalized spacial score (nSPS) is 19.6. The Bertz CT molecular complexity index is 833. The van der Waals surface area contributed by atoms with Gasteiger partial charge in [0.25, 0.3) is 5.69 Å². The van der Waals surface area contributed by atoms with E-state index in [0.29, 0.717) is 16.4 Å². The molecule has 9 heteroatoms. The average molecular weight is 361 g/mol. The molecular formula is C16H15N3O5S. The molecule has 1 fully saturated rings. The van der Waals surface area contributed by atoms with Crippen molar-refractivity contribution in [2.75, 3.05) is 12.4 Å². The Morgan fingerprint density at radius 1 is 1.52 bits per heavy atom. The zero-order chi connectivity index (χ0) is 18.1. The highest BCUT2D eigenvalue weighted by molar-refractivity contribution is 8.15. The maximum atomic E-state index is 12.5. The summed E-state index contributed by atoms with van der Waals surface area (Å²) in [5.74, 6) is -0.488. The van der Waals surface area contributed by atoms with Crippen molar-refractivity contribution in [3.05, 3.63) is 51.2 Å². The Morgan fingerprint density at radius 3 is 2.96 bits per heavy atom. The smallest absolute Gasteiger partial charge is 0.338 e. The maximum Gasteiger partial charge on any atom is 0.338 e. The molecule has 1 atom stereocenters. The van der Waals surface area contributed by atoms with Gasteiger partial charge in [0.1, 0.15) is 6.04 Å². The Kier molecular flexibility index (Phi) is 4.58. The fourth-order valence-electron chi connectivity index (χ4n) is 2.80. The Balaban J connectivity index is 2.12. The lowest BCUT2D eigenvalue weighted by molar-refractivity contribution is -0.384. The molecule has 3 rings (SSSR count). The van der Waals surface area contributed by atoms with Gasteiger partial charge < -0.3 is 4.74 Å². The third kappa shape index (κ3) is 3.02. The van der Waals surface area contributed by atoms with E-state index in [1.54, 1.807) is 26.0 Å². The lowest BCUT2D eigenvalue weighted by atomic mass is 9.95. The number of non-ortho nitro benzene ring substituents is 1. The van der Waals surface area contributed by atoms with E-state index in [1.807, 2.05) is 0 Å². The molecule has 0 saturated carbocycles. The van der Waals surface area contributed by atoms with Crippen LogP contribution in [-0.4, -0.2) is 39.2 Å². The molecule has 0 radical (unpaired) electrons. The molecule has 1 aromatic carbocycles. The van der Waals surface area contributed by atoms with Crippen molar-refractivity contribution in [1.82, 2.24) is 4.90 Å². The predicted octanol–water partition coefficient (Wildman–Crippen LogP) is 2.42. The van der Waals surface area contributed by atoms with Crippen LogP contribution in [0.2, 0.25) is 0 Å². The van der Waals surface area contributed by atoms with E-state index in [4.69, 9.17) is 4.74 Å². The predicted molar refractivity (Wildman–Crippen MR) is 91.9 cm³/mol. The summed E-state index contributed by atoms with van der Waals surface area (Å²) < 4.78 is 5.12. The third-order valence-electron chi connectivity index (χ3n) is 3.90. The molecule has 2 heterocycles. The molecule has 1 amide bonds. The zero-order valence-electron chi connectivity index (χ0n) is 13.6. The number of fused-ring (bicyclic) bond motifs is 1. The largest absolute Gasteiger partial charge is 0.463 e. The first-order valence-corrected chi connectivity index (χ1v) is 8.58. The molecule has 0 bridgehead atoms. The number of carbonyl (C=O) groups is 2. The first-order chi connectivity index (χ1) is 11.9. The molecule has 0 aliphatic carbocycles. The number of hydrogen-bond donors (Lipinski definition) is 0. The molecule has 0 spiro atoms. The quantitative estimate of drug-likeness (QED) is 0.464. The Labute approximate surface area is 147 Å². The van der Waals surface area contributed by atoms with Gasteiger partial charge in [-0.25, -0.2) is 9.79 Å². The number of esters is 1. The average Bonchev–Trinajstić information content (AvgIpc) is 2.96. The van der Waals surface area contributed by atoms with Crippen molar-refractivity contribution in [3.8, 4) is 0 Å². The summed E-state index contributed by atoms with van der Waals surface area (Å²) in [6.45, 7) is 3.52. The summed E-state index contributed by atoms with van der Waals surface area (Å²) in [6, 6.07) is 5.23. The van der Waals surface area contributed by atoms with E-state index in [2.05, 4.69) is 4.99 Å². The van der Waals surface area contributed by atoms with Crippen LogP contribution in [0.25, 0.3) is 0 Å². The van der Waals surface area contributed by atoms with Gasteiger partial charge in [0.2, 0.25) is 5.91 Å². The fourth-order valence-corrected chi connectivity index (χ4v) is 3.73. The summed E-state index contributed by atoms with van der Waals surface area (Å²) in [7, 11) is 0. The van der Waals surface area contributed by atoms with Crippen LogP contribution in [0.5, 0.6) is 0 Å². The number of thioether (sulfide) groups is 1. The van der Waals surface area contributed by atoms with Crippen molar-refractivity contribution in [2.45, 2.75) is 19.9 Å². The van der Waals surface area contributed by atoms with Crippen LogP contribution in [0, 0.1) is 10.1 Å². The van der Waals surface area contributed by atoms with E-state index < -0.39 is 16.9 Å². The minimum absolute atomic E-state index is 0.0869. The number of nitro groups is 1. The second-order valence-electron chi connectivity index (χ2n) is 5.40. The van der Waals surface area contributed by atoms with Crippen molar-refractivity contribution in [1.29, 1.82) is 0 Å². The van der Waals surface area contributed by atoms with Crippen LogP contribution in [0.3, 0.4) is 0 Å². The van der Waals surface area contributed by atoms with E-state index in [1.165, 1.54) is 28.8 Å². The number of ether oxygens (including phenoxy) is 1. The molecule has 0 aromatic heterocycles. The van der Waals surface area contributed by atoms with Gasteiger partial charge >= 0.3 is 5.97 Å². The highest BCUT2D eigenvalue weighted by atomic mass is 32.2. The highest BCUT2D eigenvalue weighted by Gasteiger charge is 2.40. The lowest BCUT2D eigenvalue weighted by Gasteiger charge is -2.29. The van der Waals surface area contributed by atoms with Gasteiger partial charge in [0.15, 0.2) is 5.17 Å². The van der Waals surface area contributed by atoms with Gasteiger partial charge in [-0.2, -0.15) is 0 Å². The number of amides is 1. The molecule has 130 valence electrons. The Hall–Kier alpha value is -2.68. The summed E-state index contributed by atoms with van der Waals surface area (Å²) in [5.41, 5.74) is 1.09. The number of nitro benzene ring substituents is 1. The Morgan fingerprint density at radius 2 is 2.28 bits per heavy atom. The van der Waals surface area contributed by atoms with Crippen LogP contribution in [0.1, 0.15) is 25.5 Å². The van der Waals surface area contributed by atoms with Crippen LogP contribution in [0.4, 0.5) is 5.69 Å². The van der Waals surface area contributed by atoms with Crippen LogP contribution in [-0.2, 0) is 14.3 Å².